The van der Waals surface area contributed by atoms with Crippen LogP contribution in [0.1, 0.15) is 153 Å². The summed E-state index contributed by atoms with van der Waals surface area (Å²) >= 11 is 2.28. The number of amides is 1. The van der Waals surface area contributed by atoms with Crippen LogP contribution in [0.5, 0.6) is 0 Å². The minimum absolute atomic E-state index is 0.0487. The molecule has 0 fully saturated rings. The van der Waals surface area contributed by atoms with Crippen LogP contribution >= 0.6 is 22.6 Å². The summed E-state index contributed by atoms with van der Waals surface area (Å²) in [6.45, 7) is 16.1. The molecule has 1 aromatic carbocycles. The number of fused-ring (bicyclic) bond motifs is 6. The predicted octanol–water partition coefficient (Wildman–Crippen LogP) is 10.4. The number of nitrogens with one attached hydrogen (secondary N) is 3. The van der Waals surface area contributed by atoms with Gasteiger partial charge in [-0.1, -0.05) is 52.2 Å². The van der Waals surface area contributed by atoms with Gasteiger partial charge in [0.05, 0.1) is 32.3 Å². The molecule has 3 unspecified atom stereocenters. The van der Waals surface area contributed by atoms with E-state index in [-0.39, 0.29) is 48.6 Å². The largest absolute Gasteiger partial charge is 0.469 e. The number of benzene rings is 1. The molecule has 3 N–H and O–H groups in total. The van der Waals surface area contributed by atoms with Crippen LogP contribution in [0.3, 0.4) is 0 Å². The number of methoxy groups -OCH3 is 2. The maximum absolute atomic E-state index is 14.6. The number of carbonyl (C=O) groups is 3. The Hall–Kier alpha value is -4.30. The molecule has 3 aliphatic rings. The number of H-pyrrole nitrogens is 2. The number of aliphatic imine (C=N–C) groups is 2. The maximum atomic E-state index is 14.6. The third kappa shape index (κ3) is 10.3. The van der Waals surface area contributed by atoms with Crippen molar-refractivity contribution in [2.24, 2.45) is 27.7 Å². The minimum Gasteiger partial charge on any atom is -0.469 e. The van der Waals surface area contributed by atoms with Gasteiger partial charge in [0.1, 0.15) is 0 Å². The fourth-order valence-corrected chi connectivity index (χ4v) is 10.2. The number of rotatable bonds is 16. The Morgan fingerprint density at radius 3 is 2.43 bits per heavy atom. The third-order valence-electron chi connectivity index (χ3n) is 13.1. The number of aromatic nitrogens is 2. The molecule has 6 rings (SSSR count). The van der Waals surface area contributed by atoms with Gasteiger partial charge in [-0.15, -0.1) is 0 Å². The van der Waals surface area contributed by atoms with Crippen LogP contribution in [0.4, 0.5) is 0 Å². The summed E-state index contributed by atoms with van der Waals surface area (Å²) in [4.78, 5) is 59.1. The number of nitrogens with zero attached hydrogens (tertiary/aromatic N) is 2. The molecule has 61 heavy (non-hydrogen) atoms. The molecule has 0 spiro atoms. The van der Waals surface area contributed by atoms with Gasteiger partial charge in [-0.3, -0.25) is 24.4 Å². The van der Waals surface area contributed by atoms with Crippen molar-refractivity contribution in [3.8, 4) is 0 Å². The lowest BCUT2D eigenvalue weighted by Crippen LogP contribution is -2.29. The second-order valence-corrected chi connectivity index (χ2v) is 18.2. The van der Waals surface area contributed by atoms with E-state index in [1.165, 1.54) is 32.6 Å². The van der Waals surface area contributed by atoms with E-state index < -0.39 is 11.9 Å². The van der Waals surface area contributed by atoms with Crippen LogP contribution in [0, 0.1) is 35.2 Å². The lowest BCUT2D eigenvalue weighted by atomic mass is 9.79. The molecule has 0 radical (unpaired) electrons. The molecule has 5 heterocycles. The Morgan fingerprint density at radius 2 is 1.72 bits per heavy atom. The van der Waals surface area contributed by atoms with Gasteiger partial charge < -0.3 is 29.5 Å². The van der Waals surface area contributed by atoms with Crippen molar-refractivity contribution in [3.63, 3.8) is 0 Å². The van der Waals surface area contributed by atoms with Crippen molar-refractivity contribution in [1.82, 2.24) is 15.3 Å². The first-order valence-electron chi connectivity index (χ1n) is 22.1. The number of aromatic amines is 2. The Morgan fingerprint density at radius 1 is 0.951 bits per heavy atom. The maximum Gasteiger partial charge on any atom is 0.306 e. The van der Waals surface area contributed by atoms with Gasteiger partial charge in [0.15, 0.2) is 0 Å². The van der Waals surface area contributed by atoms with Crippen LogP contribution < -0.4 is 5.32 Å². The molecule has 0 saturated heterocycles. The number of hydrogen-bond donors (Lipinski definition) is 3. The SMILES string of the molecule is CCCCCCOC(C)c1c2[nH]c(c1C)C=C1N=C(C(CC(=O)OC)c3[nH]c(c(C)c3C(=O)NCc3cccc(I)c3)CC3=NC(=C(C)C3CC)C2)[C@@H](CCC(=O)OC)[C@@H]1C. The Bertz CT molecular complexity index is 2240. The highest BCUT2D eigenvalue weighted by Crippen LogP contribution is 2.44. The van der Waals surface area contributed by atoms with Crippen LogP contribution in [0.2, 0.25) is 0 Å². The molecule has 3 aromatic rings. The molecule has 328 valence electrons. The highest BCUT2D eigenvalue weighted by Gasteiger charge is 2.41. The van der Waals surface area contributed by atoms with Crippen molar-refractivity contribution in [3.05, 3.63) is 95.4 Å². The van der Waals surface area contributed by atoms with Crippen LogP contribution in [0.25, 0.3) is 6.08 Å². The molecular weight excluding hydrogens is 881 g/mol. The summed E-state index contributed by atoms with van der Waals surface area (Å²) in [6, 6.07) is 8.04. The van der Waals surface area contributed by atoms with E-state index in [2.05, 4.69) is 85.5 Å². The number of unbranched alkanes of at least 4 members (excludes halogenated alkanes) is 3. The van der Waals surface area contributed by atoms with Crippen LogP contribution in [-0.2, 0) is 43.2 Å². The van der Waals surface area contributed by atoms with Gasteiger partial charge in [0.25, 0.3) is 5.91 Å². The van der Waals surface area contributed by atoms with Gasteiger partial charge in [-0.05, 0) is 110 Å². The van der Waals surface area contributed by atoms with Gasteiger partial charge in [-0.2, -0.15) is 0 Å². The van der Waals surface area contributed by atoms with E-state index >= 15 is 0 Å². The molecule has 1 amide bonds. The first-order valence-corrected chi connectivity index (χ1v) is 23.1. The van der Waals surface area contributed by atoms with Crippen LogP contribution in [0.15, 0.2) is 51.2 Å². The zero-order valence-corrected chi connectivity index (χ0v) is 39.6. The number of allylic oxidation sites excluding steroid dienone is 3. The molecule has 11 nitrogen and oxygen atoms in total. The zero-order chi connectivity index (χ0) is 44.0. The molecule has 12 heteroatoms. The highest BCUT2D eigenvalue weighted by molar-refractivity contribution is 14.1. The predicted molar refractivity (Wildman–Crippen MR) is 250 cm³/mol. The average Bonchev–Trinajstić information content (AvgIpc) is 3.93. The van der Waals surface area contributed by atoms with Gasteiger partial charge in [0.2, 0.25) is 0 Å². The summed E-state index contributed by atoms with van der Waals surface area (Å²) in [5.41, 5.74) is 13.0. The number of carbonyl (C=O) groups excluding carboxylic acids is 3. The Balaban J connectivity index is 1.54. The fraction of sp³-hybridized carbons (Fsp3) is 0.531. The summed E-state index contributed by atoms with van der Waals surface area (Å²) in [5.74, 6) is -1.85. The topological polar surface area (TPSA) is 147 Å². The van der Waals surface area contributed by atoms with Crippen molar-refractivity contribution in [2.45, 2.75) is 131 Å². The van der Waals surface area contributed by atoms with E-state index in [1.54, 1.807) is 0 Å². The number of ether oxygens (including phenoxy) is 3. The molecule has 3 aliphatic heterocycles. The van der Waals surface area contributed by atoms with Crippen molar-refractivity contribution < 1.29 is 28.6 Å². The second kappa shape index (κ2) is 20.7. The molecule has 2 aromatic heterocycles. The number of esters is 2. The van der Waals surface area contributed by atoms with E-state index in [9.17, 15) is 14.4 Å². The van der Waals surface area contributed by atoms with Crippen LogP contribution in [-0.4, -0.2) is 60.1 Å². The van der Waals surface area contributed by atoms with Gasteiger partial charge in [0, 0.05) is 111 Å². The summed E-state index contributed by atoms with van der Waals surface area (Å²) in [5, 5.41) is 3.19. The first kappa shape index (κ1) is 46.2. The normalized spacial score (nSPS) is 20.3. The molecule has 5 atom stereocenters. The average molecular weight is 946 g/mol. The zero-order valence-electron chi connectivity index (χ0n) is 37.5. The molecule has 8 bridgehead atoms. The van der Waals surface area contributed by atoms with Gasteiger partial charge in [-0.25, -0.2) is 0 Å². The lowest BCUT2D eigenvalue weighted by Gasteiger charge is -2.24. The Kier molecular flexibility index (Phi) is 15.7. The summed E-state index contributed by atoms with van der Waals surface area (Å²) < 4.78 is 18.1. The standard InChI is InChI=1S/C49H64IN5O6/c1-10-12-13-14-20-61-31(7)45-29(5)39-23-38-28(4)35(18-19-43(56)59-8)47(54-38)36(22-44(57)60-9)48-46(49(58)51-26-32-16-15-17-33(50)21-32)30(6)40(55-48)24-41-34(11-2)27(3)37(52-41)25-42(45)53-39/h15-17,21,23,28,31,34-36,53,55H,10-14,18-20,22,24-26H2,1-9H3,(H,51,58)/t28-,31?,34?,35-,36?/m0/s1. The molecular formula is C49H64IN5O6. The second-order valence-electron chi connectivity index (χ2n) is 17.0. The number of hydrogen-bond acceptors (Lipinski definition) is 8. The number of halogens is 1. The molecule has 0 saturated carbocycles. The van der Waals surface area contributed by atoms with Crippen molar-refractivity contribution in [1.29, 1.82) is 0 Å². The van der Waals surface area contributed by atoms with E-state index in [0.717, 1.165) is 85.0 Å². The van der Waals surface area contributed by atoms with E-state index in [4.69, 9.17) is 24.2 Å². The monoisotopic (exact) mass is 945 g/mol. The lowest BCUT2D eigenvalue weighted by molar-refractivity contribution is -0.141. The highest BCUT2D eigenvalue weighted by atomic mass is 127. The van der Waals surface area contributed by atoms with E-state index in [0.29, 0.717) is 43.7 Å². The van der Waals surface area contributed by atoms with Crippen molar-refractivity contribution >= 4 is 57.9 Å². The Labute approximate surface area is 375 Å². The fourth-order valence-electron chi connectivity index (χ4n) is 9.57. The van der Waals surface area contributed by atoms with Crippen molar-refractivity contribution in [2.75, 3.05) is 20.8 Å². The third-order valence-corrected chi connectivity index (χ3v) is 13.8. The smallest absolute Gasteiger partial charge is 0.306 e. The summed E-state index contributed by atoms with van der Waals surface area (Å²) in [7, 11) is 2.78. The van der Waals surface area contributed by atoms with Gasteiger partial charge >= 0.3 is 11.9 Å². The molecule has 0 aliphatic carbocycles. The first-order chi connectivity index (χ1) is 29.3. The minimum atomic E-state index is -0.651. The quantitative estimate of drug-likeness (QED) is 0.0740. The van der Waals surface area contributed by atoms with E-state index in [1.807, 2.05) is 31.2 Å². The summed E-state index contributed by atoms with van der Waals surface area (Å²) in [6.07, 6.45) is 9.13.